The molecule has 0 unspecified atom stereocenters. The number of ether oxygens (including phenoxy) is 1. The molecule has 0 spiro atoms. The van der Waals surface area contributed by atoms with Gasteiger partial charge in [-0.25, -0.2) is 0 Å². The summed E-state index contributed by atoms with van der Waals surface area (Å²) in [6, 6.07) is 15.4. The van der Waals surface area contributed by atoms with Crippen molar-refractivity contribution < 1.29 is 9.53 Å². The summed E-state index contributed by atoms with van der Waals surface area (Å²) in [4.78, 5) is 14.5. The first-order valence-electron chi connectivity index (χ1n) is 9.41. The van der Waals surface area contributed by atoms with Crippen LogP contribution in [-0.2, 0) is 11.3 Å². The third kappa shape index (κ3) is 5.01. The molecule has 30 heavy (non-hydrogen) atoms. The molecule has 0 radical (unpaired) electrons. The fourth-order valence-electron chi connectivity index (χ4n) is 2.89. The van der Waals surface area contributed by atoms with Crippen LogP contribution >= 0.6 is 11.8 Å². The highest BCUT2D eigenvalue weighted by atomic mass is 32.2. The zero-order valence-electron chi connectivity index (χ0n) is 17.3. The van der Waals surface area contributed by atoms with Crippen LogP contribution in [0.1, 0.15) is 0 Å². The average Bonchev–Trinajstić information content (AvgIpc) is 3.15. The van der Waals surface area contributed by atoms with Gasteiger partial charge in [0.15, 0.2) is 11.0 Å². The van der Waals surface area contributed by atoms with E-state index in [0.717, 1.165) is 17.1 Å². The van der Waals surface area contributed by atoms with Gasteiger partial charge in [-0.1, -0.05) is 42.1 Å². The van der Waals surface area contributed by atoms with Crippen molar-refractivity contribution in [3.05, 3.63) is 61.2 Å². The number of rotatable bonds is 9. The van der Waals surface area contributed by atoms with Crippen molar-refractivity contribution >= 4 is 29.0 Å². The number of aromatic nitrogens is 3. The molecule has 1 heterocycles. The SMILES string of the molecule is C=CCn1c(SCC(=O)Nc2ccccc2OC)nnc1-c1cccc(N(C)C)c1. The van der Waals surface area contributed by atoms with E-state index in [1.165, 1.54) is 11.8 Å². The summed E-state index contributed by atoms with van der Waals surface area (Å²) in [6.07, 6.45) is 1.79. The molecule has 0 aliphatic rings. The molecule has 1 aromatic heterocycles. The Morgan fingerprint density at radius 1 is 1.23 bits per heavy atom. The van der Waals surface area contributed by atoms with Crippen molar-refractivity contribution in [1.82, 2.24) is 14.8 Å². The number of hydrogen-bond donors (Lipinski definition) is 1. The van der Waals surface area contributed by atoms with Crippen molar-refractivity contribution in [3.8, 4) is 17.1 Å². The van der Waals surface area contributed by atoms with Gasteiger partial charge in [-0.3, -0.25) is 9.36 Å². The maximum absolute atomic E-state index is 12.4. The lowest BCUT2D eigenvalue weighted by atomic mass is 10.2. The van der Waals surface area contributed by atoms with Crippen molar-refractivity contribution in [3.63, 3.8) is 0 Å². The second-order valence-corrected chi connectivity index (χ2v) is 7.63. The van der Waals surface area contributed by atoms with Crippen molar-refractivity contribution in [2.45, 2.75) is 11.7 Å². The number of nitrogens with zero attached hydrogens (tertiary/aromatic N) is 4. The van der Waals surface area contributed by atoms with E-state index < -0.39 is 0 Å². The molecule has 0 bridgehead atoms. The van der Waals surface area contributed by atoms with Gasteiger partial charge in [0.05, 0.1) is 18.6 Å². The number of methoxy groups -OCH3 is 1. The van der Waals surface area contributed by atoms with Crippen LogP contribution in [0.15, 0.2) is 66.3 Å². The monoisotopic (exact) mass is 423 g/mol. The van der Waals surface area contributed by atoms with Gasteiger partial charge in [-0.15, -0.1) is 16.8 Å². The Labute approximate surface area is 180 Å². The predicted octanol–water partition coefficient (Wildman–Crippen LogP) is 3.94. The molecule has 0 fully saturated rings. The van der Waals surface area contributed by atoms with Crippen LogP contribution in [0.4, 0.5) is 11.4 Å². The molecule has 0 aliphatic carbocycles. The predicted molar refractivity (Wildman–Crippen MR) is 122 cm³/mol. The number of carbonyl (C=O) groups is 1. The molecule has 8 heteroatoms. The summed E-state index contributed by atoms with van der Waals surface area (Å²) in [5, 5.41) is 12.2. The molecule has 3 rings (SSSR count). The van der Waals surface area contributed by atoms with E-state index in [4.69, 9.17) is 4.74 Å². The number of amides is 1. The highest BCUT2D eigenvalue weighted by Crippen LogP contribution is 2.27. The number of anilines is 2. The Balaban J connectivity index is 1.76. The van der Waals surface area contributed by atoms with Gasteiger partial charge in [0.2, 0.25) is 5.91 Å². The van der Waals surface area contributed by atoms with Crippen LogP contribution in [0.25, 0.3) is 11.4 Å². The van der Waals surface area contributed by atoms with E-state index in [-0.39, 0.29) is 11.7 Å². The number of nitrogens with one attached hydrogen (secondary N) is 1. The summed E-state index contributed by atoms with van der Waals surface area (Å²) < 4.78 is 7.24. The van der Waals surface area contributed by atoms with Crippen LogP contribution < -0.4 is 15.0 Å². The Hall–Kier alpha value is -3.26. The third-order valence-electron chi connectivity index (χ3n) is 4.36. The van der Waals surface area contributed by atoms with Gasteiger partial charge < -0.3 is 15.0 Å². The minimum atomic E-state index is -0.145. The molecular formula is C22H25N5O2S. The molecule has 0 aliphatic heterocycles. The molecular weight excluding hydrogens is 398 g/mol. The first-order valence-corrected chi connectivity index (χ1v) is 10.4. The van der Waals surface area contributed by atoms with E-state index in [1.807, 2.05) is 53.9 Å². The molecule has 0 saturated carbocycles. The van der Waals surface area contributed by atoms with Gasteiger partial charge >= 0.3 is 0 Å². The highest BCUT2D eigenvalue weighted by Gasteiger charge is 2.16. The molecule has 7 nitrogen and oxygen atoms in total. The quantitative estimate of drug-likeness (QED) is 0.415. The number of thioether (sulfide) groups is 1. The Kier molecular flexibility index (Phi) is 7.13. The lowest BCUT2D eigenvalue weighted by molar-refractivity contribution is -0.113. The average molecular weight is 424 g/mol. The lowest BCUT2D eigenvalue weighted by Crippen LogP contribution is -2.15. The maximum Gasteiger partial charge on any atom is 0.234 e. The normalized spacial score (nSPS) is 10.5. The second-order valence-electron chi connectivity index (χ2n) is 6.69. The molecule has 1 amide bonds. The van der Waals surface area contributed by atoms with E-state index in [2.05, 4.69) is 28.2 Å². The van der Waals surface area contributed by atoms with E-state index in [1.54, 1.807) is 25.3 Å². The van der Waals surface area contributed by atoms with Gasteiger partial charge in [0, 0.05) is 31.9 Å². The van der Waals surface area contributed by atoms with Crippen LogP contribution in [0.3, 0.4) is 0 Å². The number of hydrogen-bond acceptors (Lipinski definition) is 6. The van der Waals surface area contributed by atoms with E-state index >= 15 is 0 Å². The standard InChI is InChI=1S/C22H25N5O2S/c1-5-13-27-21(16-9-8-10-17(14-16)26(2)3)24-25-22(27)30-15-20(28)23-18-11-6-7-12-19(18)29-4/h5-12,14H,1,13,15H2,2-4H3,(H,23,28). The summed E-state index contributed by atoms with van der Waals surface area (Å²) in [5.74, 6) is 1.42. The lowest BCUT2D eigenvalue weighted by Gasteiger charge is -2.14. The largest absolute Gasteiger partial charge is 0.495 e. The fraction of sp³-hybridized carbons (Fsp3) is 0.227. The summed E-state index contributed by atoms with van der Waals surface area (Å²) >= 11 is 1.33. The van der Waals surface area contributed by atoms with Crippen LogP contribution in [0.5, 0.6) is 5.75 Å². The van der Waals surface area contributed by atoms with Crippen molar-refractivity contribution in [1.29, 1.82) is 0 Å². The minimum absolute atomic E-state index is 0.145. The Bertz CT molecular complexity index is 1030. The van der Waals surface area contributed by atoms with Gasteiger partial charge in [-0.05, 0) is 24.3 Å². The zero-order chi connectivity index (χ0) is 21.5. The van der Waals surface area contributed by atoms with Gasteiger partial charge in [0.25, 0.3) is 0 Å². The molecule has 0 saturated heterocycles. The van der Waals surface area contributed by atoms with E-state index in [9.17, 15) is 4.79 Å². The number of allylic oxidation sites excluding steroid dienone is 1. The zero-order valence-corrected chi connectivity index (χ0v) is 18.1. The topological polar surface area (TPSA) is 72.3 Å². The molecule has 1 N–H and O–H groups in total. The van der Waals surface area contributed by atoms with Crippen molar-refractivity contribution in [2.24, 2.45) is 0 Å². The Morgan fingerprint density at radius 3 is 2.77 bits per heavy atom. The molecule has 2 aromatic carbocycles. The molecule has 0 atom stereocenters. The molecule has 156 valence electrons. The first kappa shape index (κ1) is 21.4. The first-order chi connectivity index (χ1) is 14.5. The minimum Gasteiger partial charge on any atom is -0.495 e. The summed E-state index contributed by atoms with van der Waals surface area (Å²) in [7, 11) is 5.56. The van der Waals surface area contributed by atoms with Gasteiger partial charge in [-0.2, -0.15) is 0 Å². The van der Waals surface area contributed by atoms with Gasteiger partial charge in [0.1, 0.15) is 5.75 Å². The van der Waals surface area contributed by atoms with Crippen molar-refractivity contribution in [2.75, 3.05) is 37.2 Å². The molecule has 3 aromatic rings. The number of carbonyl (C=O) groups excluding carboxylic acids is 1. The fourth-order valence-corrected chi connectivity index (χ4v) is 3.64. The number of para-hydroxylation sites is 2. The van der Waals surface area contributed by atoms with Crippen LogP contribution in [0, 0.1) is 0 Å². The second kappa shape index (κ2) is 9.98. The summed E-state index contributed by atoms with van der Waals surface area (Å²) in [6.45, 7) is 4.39. The van der Waals surface area contributed by atoms with Crippen LogP contribution in [0.2, 0.25) is 0 Å². The number of benzene rings is 2. The Morgan fingerprint density at radius 2 is 2.03 bits per heavy atom. The highest BCUT2D eigenvalue weighted by molar-refractivity contribution is 7.99. The van der Waals surface area contributed by atoms with E-state index in [0.29, 0.717) is 23.1 Å². The van der Waals surface area contributed by atoms with Crippen LogP contribution in [-0.4, -0.2) is 47.6 Å². The maximum atomic E-state index is 12.4. The third-order valence-corrected chi connectivity index (χ3v) is 5.33. The summed E-state index contributed by atoms with van der Waals surface area (Å²) in [5.41, 5.74) is 2.67. The smallest absolute Gasteiger partial charge is 0.234 e.